The third-order valence-electron chi connectivity index (χ3n) is 7.25. The standard InChI is InChI=1S/C28H26N2O5/c1-33-21-6-4-5-20(16-21)28(26(31)22-7-2-3-8-23(22)27(28)32)30-13-11-29(12-14-30)17-19-9-10-24-25(15-19)35-18-34-24/h2-10,15-16H,11-14,17-18H2,1H3. The van der Waals surface area contributed by atoms with E-state index in [9.17, 15) is 9.59 Å². The summed E-state index contributed by atoms with van der Waals surface area (Å²) in [4.78, 5) is 32.3. The van der Waals surface area contributed by atoms with Crippen molar-refractivity contribution in [1.29, 1.82) is 0 Å². The Labute approximate surface area is 203 Å². The number of fused-ring (bicyclic) bond motifs is 2. The van der Waals surface area contributed by atoms with Gasteiger partial charge >= 0.3 is 0 Å². The molecule has 0 N–H and O–H groups in total. The lowest BCUT2D eigenvalue weighted by atomic mass is 9.82. The largest absolute Gasteiger partial charge is 0.497 e. The van der Waals surface area contributed by atoms with Gasteiger partial charge in [-0.05, 0) is 35.4 Å². The Balaban J connectivity index is 1.29. The van der Waals surface area contributed by atoms with E-state index >= 15 is 0 Å². The fourth-order valence-electron chi connectivity index (χ4n) is 5.49. The summed E-state index contributed by atoms with van der Waals surface area (Å²) in [5.41, 5.74) is 1.41. The summed E-state index contributed by atoms with van der Waals surface area (Å²) in [5, 5.41) is 0. The highest BCUT2D eigenvalue weighted by atomic mass is 16.7. The van der Waals surface area contributed by atoms with Gasteiger partial charge in [-0.3, -0.25) is 19.4 Å². The van der Waals surface area contributed by atoms with E-state index in [0.29, 0.717) is 35.5 Å². The molecule has 0 bridgehead atoms. The van der Waals surface area contributed by atoms with Crippen molar-refractivity contribution < 1.29 is 23.8 Å². The van der Waals surface area contributed by atoms with Crippen LogP contribution in [0.25, 0.3) is 0 Å². The average molecular weight is 471 g/mol. The molecule has 7 heteroatoms. The molecule has 0 saturated carbocycles. The van der Waals surface area contributed by atoms with E-state index in [-0.39, 0.29) is 18.4 Å². The van der Waals surface area contributed by atoms with Gasteiger partial charge < -0.3 is 14.2 Å². The highest BCUT2D eigenvalue weighted by Crippen LogP contribution is 2.44. The first-order valence-corrected chi connectivity index (χ1v) is 11.8. The summed E-state index contributed by atoms with van der Waals surface area (Å²) < 4.78 is 16.4. The SMILES string of the molecule is COc1cccc(C2(N3CCN(Cc4ccc5c(c4)OCO5)CC3)C(=O)c3ccccc3C2=O)c1. The number of nitrogens with zero attached hydrogens (tertiary/aromatic N) is 2. The summed E-state index contributed by atoms with van der Waals surface area (Å²) in [5.74, 6) is 1.86. The Bertz CT molecular complexity index is 1280. The van der Waals surface area contributed by atoms with Crippen LogP contribution in [0.4, 0.5) is 0 Å². The van der Waals surface area contributed by atoms with Gasteiger partial charge in [0.05, 0.1) is 7.11 Å². The lowest BCUT2D eigenvalue weighted by Crippen LogP contribution is -2.60. The summed E-state index contributed by atoms with van der Waals surface area (Å²) >= 11 is 0. The molecule has 178 valence electrons. The van der Waals surface area contributed by atoms with E-state index < -0.39 is 5.54 Å². The number of piperazine rings is 1. The Morgan fingerprint density at radius 1 is 0.829 bits per heavy atom. The number of ketones is 2. The zero-order chi connectivity index (χ0) is 24.0. The normalized spacial score (nSPS) is 19.1. The van der Waals surface area contributed by atoms with Gasteiger partial charge in [-0.2, -0.15) is 0 Å². The maximum Gasteiger partial charge on any atom is 0.231 e. The molecule has 1 fully saturated rings. The van der Waals surface area contributed by atoms with Gasteiger partial charge in [-0.1, -0.05) is 42.5 Å². The monoisotopic (exact) mass is 470 g/mol. The van der Waals surface area contributed by atoms with E-state index in [0.717, 1.165) is 36.7 Å². The van der Waals surface area contributed by atoms with Crippen molar-refractivity contribution in [3.8, 4) is 17.2 Å². The molecular formula is C28H26N2O5. The van der Waals surface area contributed by atoms with Gasteiger partial charge in [-0.15, -0.1) is 0 Å². The molecule has 3 aromatic rings. The van der Waals surface area contributed by atoms with Crippen LogP contribution in [0.1, 0.15) is 31.8 Å². The van der Waals surface area contributed by atoms with E-state index in [4.69, 9.17) is 14.2 Å². The molecule has 0 radical (unpaired) electrons. The van der Waals surface area contributed by atoms with E-state index in [1.54, 1.807) is 19.2 Å². The molecule has 1 saturated heterocycles. The van der Waals surface area contributed by atoms with E-state index in [1.165, 1.54) is 0 Å². The first kappa shape index (κ1) is 21.8. The number of benzene rings is 3. The molecule has 0 spiro atoms. The minimum atomic E-state index is -1.37. The molecule has 3 aliphatic rings. The summed E-state index contributed by atoms with van der Waals surface area (Å²) in [6.45, 7) is 3.67. The quantitative estimate of drug-likeness (QED) is 0.529. The van der Waals surface area contributed by atoms with Crippen LogP contribution in [0.2, 0.25) is 0 Å². The lowest BCUT2D eigenvalue weighted by molar-refractivity contribution is 0.0278. The topological polar surface area (TPSA) is 68.3 Å². The lowest BCUT2D eigenvalue weighted by Gasteiger charge is -2.44. The number of hydrogen-bond acceptors (Lipinski definition) is 7. The van der Waals surface area contributed by atoms with Crippen molar-refractivity contribution in [3.05, 3.63) is 89.0 Å². The van der Waals surface area contributed by atoms with Crippen LogP contribution in [0.3, 0.4) is 0 Å². The first-order chi connectivity index (χ1) is 17.1. The zero-order valence-electron chi connectivity index (χ0n) is 19.5. The molecule has 7 nitrogen and oxygen atoms in total. The Kier molecular flexibility index (Phi) is 5.31. The number of hydrogen-bond donors (Lipinski definition) is 0. The number of carbonyl (C=O) groups is 2. The second-order valence-electron chi connectivity index (χ2n) is 9.10. The van der Waals surface area contributed by atoms with Crippen LogP contribution in [-0.2, 0) is 12.1 Å². The fourth-order valence-corrected chi connectivity index (χ4v) is 5.49. The van der Waals surface area contributed by atoms with Crippen LogP contribution < -0.4 is 14.2 Å². The van der Waals surface area contributed by atoms with Crippen LogP contribution in [-0.4, -0.2) is 61.4 Å². The van der Waals surface area contributed by atoms with Crippen molar-refractivity contribution in [2.24, 2.45) is 0 Å². The number of Topliss-reactive ketones (excluding diaryl/α,β-unsaturated/α-hetero) is 2. The third kappa shape index (κ3) is 3.42. The molecule has 3 aromatic carbocycles. The molecule has 2 heterocycles. The molecule has 0 unspecified atom stereocenters. The molecule has 0 aromatic heterocycles. The van der Waals surface area contributed by atoms with Gasteiger partial charge in [0.15, 0.2) is 28.6 Å². The van der Waals surface area contributed by atoms with Crippen LogP contribution in [0.15, 0.2) is 66.7 Å². The maximum atomic E-state index is 14.0. The van der Waals surface area contributed by atoms with E-state index in [1.807, 2.05) is 48.5 Å². The van der Waals surface area contributed by atoms with Gasteiger partial charge in [0.1, 0.15) is 5.75 Å². The minimum Gasteiger partial charge on any atom is -0.497 e. The predicted octanol–water partition coefficient (Wildman–Crippen LogP) is 3.52. The van der Waals surface area contributed by atoms with Crippen molar-refractivity contribution in [3.63, 3.8) is 0 Å². The smallest absolute Gasteiger partial charge is 0.231 e. The molecule has 0 amide bonds. The molecule has 2 aliphatic heterocycles. The molecule has 1 aliphatic carbocycles. The summed E-state index contributed by atoms with van der Waals surface area (Å²) in [6, 6.07) is 20.5. The molecular weight excluding hydrogens is 444 g/mol. The Morgan fingerprint density at radius 3 is 2.26 bits per heavy atom. The summed E-state index contributed by atoms with van der Waals surface area (Å²) in [7, 11) is 1.59. The number of rotatable bonds is 5. The van der Waals surface area contributed by atoms with Crippen molar-refractivity contribution in [1.82, 2.24) is 9.80 Å². The Morgan fingerprint density at radius 2 is 1.54 bits per heavy atom. The number of methoxy groups -OCH3 is 1. The van der Waals surface area contributed by atoms with Crippen molar-refractivity contribution in [2.75, 3.05) is 40.1 Å². The van der Waals surface area contributed by atoms with Gasteiger partial charge in [-0.25, -0.2) is 0 Å². The third-order valence-corrected chi connectivity index (χ3v) is 7.25. The van der Waals surface area contributed by atoms with Crippen molar-refractivity contribution in [2.45, 2.75) is 12.1 Å². The van der Waals surface area contributed by atoms with Crippen LogP contribution in [0.5, 0.6) is 17.2 Å². The molecule has 6 rings (SSSR count). The number of carbonyl (C=O) groups excluding carboxylic acids is 2. The second kappa shape index (κ2) is 8.52. The maximum absolute atomic E-state index is 14.0. The molecule has 35 heavy (non-hydrogen) atoms. The van der Waals surface area contributed by atoms with Crippen molar-refractivity contribution >= 4 is 11.6 Å². The summed E-state index contributed by atoms with van der Waals surface area (Å²) in [6.07, 6.45) is 0. The van der Waals surface area contributed by atoms with E-state index in [2.05, 4.69) is 15.9 Å². The van der Waals surface area contributed by atoms with Crippen LogP contribution >= 0.6 is 0 Å². The zero-order valence-corrected chi connectivity index (χ0v) is 19.5. The molecule has 0 atom stereocenters. The number of ether oxygens (including phenoxy) is 3. The van der Waals surface area contributed by atoms with Gasteiger partial charge in [0.2, 0.25) is 6.79 Å². The predicted molar refractivity (Wildman–Crippen MR) is 129 cm³/mol. The van der Waals surface area contributed by atoms with Crippen LogP contribution in [0, 0.1) is 0 Å². The highest BCUT2D eigenvalue weighted by Gasteiger charge is 2.58. The van der Waals surface area contributed by atoms with Gasteiger partial charge in [0, 0.05) is 43.9 Å². The Hall–Kier alpha value is -3.68. The minimum absolute atomic E-state index is 0.157. The van der Waals surface area contributed by atoms with Gasteiger partial charge in [0.25, 0.3) is 0 Å². The average Bonchev–Trinajstić information content (AvgIpc) is 3.46. The highest BCUT2D eigenvalue weighted by molar-refractivity contribution is 6.32. The first-order valence-electron chi connectivity index (χ1n) is 11.8. The fraction of sp³-hybridized carbons (Fsp3) is 0.286. The second-order valence-corrected chi connectivity index (χ2v) is 9.10.